The van der Waals surface area contributed by atoms with Crippen LogP contribution in [-0.4, -0.2) is 41.9 Å². The van der Waals surface area contributed by atoms with Crippen molar-refractivity contribution in [2.75, 3.05) is 23.7 Å². The van der Waals surface area contributed by atoms with Crippen LogP contribution in [0.3, 0.4) is 0 Å². The summed E-state index contributed by atoms with van der Waals surface area (Å²) < 4.78 is 0. The molecule has 174 valence electrons. The van der Waals surface area contributed by atoms with Crippen LogP contribution in [0.5, 0.6) is 0 Å². The normalized spacial score (nSPS) is 18.6. The number of piperidine rings is 1. The molecule has 2 aromatic carbocycles. The van der Waals surface area contributed by atoms with Crippen LogP contribution >= 0.6 is 0 Å². The largest absolute Gasteiger partial charge is 0.349 e. The zero-order valence-corrected chi connectivity index (χ0v) is 19.1. The number of aryl methyl sites for hydroxylation is 1. The fourth-order valence-corrected chi connectivity index (χ4v) is 4.59. The van der Waals surface area contributed by atoms with Crippen LogP contribution in [0.2, 0.25) is 0 Å². The molecule has 7 heteroatoms. The zero-order chi connectivity index (χ0) is 23.2. The first-order chi connectivity index (χ1) is 16.0. The number of benzene rings is 2. The molecule has 1 atom stereocenters. The van der Waals surface area contributed by atoms with E-state index in [4.69, 9.17) is 0 Å². The van der Waals surface area contributed by atoms with E-state index < -0.39 is 0 Å². The minimum Gasteiger partial charge on any atom is -0.349 e. The molecular formula is C26H32N4O3. The minimum atomic E-state index is -0.271. The summed E-state index contributed by atoms with van der Waals surface area (Å²) in [6.07, 6.45) is 5.94. The summed E-state index contributed by atoms with van der Waals surface area (Å²) in [5.41, 5.74) is 3.07. The minimum absolute atomic E-state index is 0.0673. The molecule has 1 aliphatic heterocycles. The van der Waals surface area contributed by atoms with Crippen LogP contribution in [0.15, 0.2) is 48.5 Å². The lowest BCUT2D eigenvalue weighted by Crippen LogP contribution is -2.45. The van der Waals surface area contributed by atoms with Gasteiger partial charge in [-0.25, -0.2) is 4.79 Å². The first-order valence-electron chi connectivity index (χ1n) is 11.8. The maximum atomic E-state index is 12.8. The summed E-state index contributed by atoms with van der Waals surface area (Å²) in [7, 11) is 0. The lowest BCUT2D eigenvalue weighted by atomic mass is 9.97. The van der Waals surface area contributed by atoms with Gasteiger partial charge >= 0.3 is 6.03 Å². The lowest BCUT2D eigenvalue weighted by Gasteiger charge is -2.32. The predicted octanol–water partition coefficient (Wildman–Crippen LogP) is 4.55. The van der Waals surface area contributed by atoms with Crippen molar-refractivity contribution in [1.29, 1.82) is 0 Å². The maximum Gasteiger partial charge on any atom is 0.321 e. The fourth-order valence-electron chi connectivity index (χ4n) is 4.59. The number of carbonyl (C=O) groups excluding carboxylic acids is 3. The van der Waals surface area contributed by atoms with Gasteiger partial charge in [-0.3, -0.25) is 9.59 Å². The molecule has 1 aliphatic carbocycles. The molecule has 1 saturated heterocycles. The lowest BCUT2D eigenvalue weighted by molar-refractivity contribution is -0.121. The molecule has 4 amide bonds. The van der Waals surface area contributed by atoms with Gasteiger partial charge in [0.15, 0.2) is 0 Å². The molecule has 3 N–H and O–H groups in total. The van der Waals surface area contributed by atoms with E-state index in [0.717, 1.165) is 36.9 Å². The molecule has 33 heavy (non-hydrogen) atoms. The Morgan fingerprint density at radius 2 is 1.64 bits per heavy atom. The average Bonchev–Trinajstić information content (AvgIpc) is 3.32. The van der Waals surface area contributed by atoms with E-state index in [9.17, 15) is 14.4 Å². The van der Waals surface area contributed by atoms with E-state index in [1.807, 2.05) is 31.2 Å². The zero-order valence-electron chi connectivity index (χ0n) is 19.1. The molecule has 2 aromatic rings. The van der Waals surface area contributed by atoms with E-state index in [0.29, 0.717) is 24.3 Å². The molecule has 2 fully saturated rings. The van der Waals surface area contributed by atoms with Gasteiger partial charge in [0.25, 0.3) is 5.91 Å². The number of carbonyl (C=O) groups is 3. The third kappa shape index (κ3) is 6.12. The van der Waals surface area contributed by atoms with Crippen LogP contribution in [0.1, 0.15) is 54.4 Å². The third-order valence-electron chi connectivity index (χ3n) is 6.45. The highest BCUT2D eigenvalue weighted by atomic mass is 16.2. The topological polar surface area (TPSA) is 90.5 Å². The van der Waals surface area contributed by atoms with Gasteiger partial charge < -0.3 is 20.9 Å². The van der Waals surface area contributed by atoms with Crippen molar-refractivity contribution in [3.05, 3.63) is 59.7 Å². The first-order valence-corrected chi connectivity index (χ1v) is 11.8. The van der Waals surface area contributed by atoms with E-state index in [1.54, 1.807) is 29.2 Å². The number of nitrogens with one attached hydrogen (secondary N) is 3. The number of hydrogen-bond donors (Lipinski definition) is 3. The standard InChI is InChI=1S/C26H32N4O3/c1-18-6-4-10-23(16-18)29-26(33)30-15-5-7-20(17-30)25(32)28-22-13-11-19(12-14-22)24(31)27-21-8-2-3-9-21/h4,6,10-14,16,20-21H,2-3,5,7-9,15,17H2,1H3,(H,27,31)(H,28,32)(H,29,33). The van der Waals surface area contributed by atoms with Crippen molar-refractivity contribution in [2.45, 2.75) is 51.5 Å². The van der Waals surface area contributed by atoms with E-state index >= 15 is 0 Å². The van der Waals surface area contributed by atoms with Gasteiger partial charge in [-0.2, -0.15) is 0 Å². The average molecular weight is 449 g/mol. The summed E-state index contributed by atoms with van der Waals surface area (Å²) >= 11 is 0. The maximum absolute atomic E-state index is 12.8. The molecule has 7 nitrogen and oxygen atoms in total. The summed E-state index contributed by atoms with van der Waals surface area (Å²) in [6.45, 7) is 2.99. The van der Waals surface area contributed by atoms with Crippen molar-refractivity contribution in [3.8, 4) is 0 Å². The molecule has 4 rings (SSSR count). The number of anilines is 2. The molecule has 0 spiro atoms. The number of amides is 4. The van der Waals surface area contributed by atoms with Gasteiger partial charge in [0, 0.05) is 36.1 Å². The van der Waals surface area contributed by atoms with Gasteiger partial charge in [-0.1, -0.05) is 25.0 Å². The van der Waals surface area contributed by atoms with Gasteiger partial charge in [-0.05, 0) is 74.6 Å². The Morgan fingerprint density at radius 1 is 0.879 bits per heavy atom. The number of likely N-dealkylation sites (tertiary alicyclic amines) is 1. The van der Waals surface area contributed by atoms with Gasteiger partial charge in [-0.15, -0.1) is 0 Å². The second-order valence-corrected chi connectivity index (χ2v) is 9.11. The Hall–Kier alpha value is -3.35. The van der Waals surface area contributed by atoms with E-state index in [-0.39, 0.29) is 29.8 Å². The number of hydrogen-bond acceptors (Lipinski definition) is 3. The quantitative estimate of drug-likeness (QED) is 0.627. The van der Waals surface area contributed by atoms with Crippen LogP contribution < -0.4 is 16.0 Å². The molecular weight excluding hydrogens is 416 g/mol. The molecule has 0 aromatic heterocycles. The SMILES string of the molecule is Cc1cccc(NC(=O)N2CCCC(C(=O)Nc3ccc(C(=O)NC4CCCC4)cc3)C2)c1. The van der Waals surface area contributed by atoms with Crippen LogP contribution in [0.4, 0.5) is 16.2 Å². The molecule has 0 bridgehead atoms. The second-order valence-electron chi connectivity index (χ2n) is 9.11. The highest BCUT2D eigenvalue weighted by molar-refractivity contribution is 5.97. The fraction of sp³-hybridized carbons (Fsp3) is 0.423. The molecule has 1 unspecified atom stereocenters. The number of nitrogens with zero attached hydrogens (tertiary/aromatic N) is 1. The van der Waals surface area contributed by atoms with Crippen molar-refractivity contribution in [3.63, 3.8) is 0 Å². The summed E-state index contributed by atoms with van der Waals surface area (Å²) in [4.78, 5) is 39.6. The van der Waals surface area contributed by atoms with Crippen LogP contribution in [-0.2, 0) is 4.79 Å². The Balaban J connectivity index is 1.29. The molecule has 1 saturated carbocycles. The molecule has 1 heterocycles. The Kier molecular flexibility index (Phi) is 7.27. The van der Waals surface area contributed by atoms with Crippen LogP contribution in [0, 0.1) is 12.8 Å². The number of urea groups is 1. The summed E-state index contributed by atoms with van der Waals surface area (Å²) in [5, 5.41) is 8.93. The van der Waals surface area contributed by atoms with Crippen molar-refractivity contribution in [1.82, 2.24) is 10.2 Å². The van der Waals surface area contributed by atoms with Crippen molar-refractivity contribution >= 4 is 29.2 Å². The van der Waals surface area contributed by atoms with E-state index in [1.165, 1.54) is 12.8 Å². The monoisotopic (exact) mass is 448 g/mol. The smallest absolute Gasteiger partial charge is 0.321 e. The Bertz CT molecular complexity index is 999. The summed E-state index contributed by atoms with van der Waals surface area (Å²) in [6, 6.07) is 14.7. The van der Waals surface area contributed by atoms with E-state index in [2.05, 4.69) is 16.0 Å². The number of rotatable bonds is 5. The van der Waals surface area contributed by atoms with Gasteiger partial charge in [0.05, 0.1) is 5.92 Å². The van der Waals surface area contributed by atoms with Gasteiger partial charge in [0.2, 0.25) is 5.91 Å². The highest BCUT2D eigenvalue weighted by Gasteiger charge is 2.28. The molecule has 2 aliphatic rings. The Labute approximate surface area is 194 Å². The van der Waals surface area contributed by atoms with Crippen molar-refractivity contribution in [2.24, 2.45) is 5.92 Å². The summed E-state index contributed by atoms with van der Waals surface area (Å²) in [5.74, 6) is -0.444. The molecule has 0 radical (unpaired) electrons. The van der Waals surface area contributed by atoms with Crippen LogP contribution in [0.25, 0.3) is 0 Å². The second kappa shape index (κ2) is 10.5. The van der Waals surface area contributed by atoms with Gasteiger partial charge in [0.1, 0.15) is 0 Å². The third-order valence-corrected chi connectivity index (χ3v) is 6.45. The predicted molar refractivity (Wildman–Crippen MR) is 129 cm³/mol. The Morgan fingerprint density at radius 3 is 2.36 bits per heavy atom. The van der Waals surface area contributed by atoms with Crippen molar-refractivity contribution < 1.29 is 14.4 Å². The first kappa shape index (κ1) is 22.8. The highest BCUT2D eigenvalue weighted by Crippen LogP contribution is 2.21.